The number of para-hydroxylation sites is 1. The summed E-state index contributed by atoms with van der Waals surface area (Å²) in [6.07, 6.45) is 0. The normalized spacial score (nSPS) is 10.1. The number of benzene rings is 2. The molecular weight excluding hydrogens is 358 g/mol. The van der Waals surface area contributed by atoms with Crippen molar-refractivity contribution < 1.29 is 0 Å². The van der Waals surface area contributed by atoms with Gasteiger partial charge in [-0.05, 0) is 55.0 Å². The quantitative estimate of drug-likeness (QED) is 0.764. The Labute approximate surface area is 145 Å². The maximum absolute atomic E-state index is 5.33. The van der Waals surface area contributed by atoms with E-state index in [1.54, 1.807) is 0 Å². The lowest BCUT2D eigenvalue weighted by Crippen LogP contribution is -2.35. The van der Waals surface area contributed by atoms with Gasteiger partial charge in [-0.1, -0.05) is 34.1 Å². The number of hydrogen-bond donors (Lipinski definition) is 2. The highest BCUT2D eigenvalue weighted by Crippen LogP contribution is 2.19. The molecule has 5 heteroatoms. The van der Waals surface area contributed by atoms with E-state index in [1.807, 2.05) is 30.3 Å². The van der Waals surface area contributed by atoms with Crippen LogP contribution in [0.1, 0.15) is 5.56 Å². The van der Waals surface area contributed by atoms with E-state index in [2.05, 4.69) is 63.6 Å². The second-order valence-corrected chi connectivity index (χ2v) is 6.36. The maximum atomic E-state index is 5.33. The molecule has 3 nitrogen and oxygen atoms in total. The van der Waals surface area contributed by atoms with E-state index in [0.29, 0.717) is 5.11 Å². The molecule has 2 rings (SSSR count). The lowest BCUT2D eigenvalue weighted by molar-refractivity contribution is 0.827. The summed E-state index contributed by atoms with van der Waals surface area (Å²) in [5.41, 5.74) is 3.37. The molecule has 22 heavy (non-hydrogen) atoms. The monoisotopic (exact) mass is 377 g/mol. The number of anilines is 2. The van der Waals surface area contributed by atoms with Gasteiger partial charge in [0.15, 0.2) is 5.11 Å². The zero-order valence-electron chi connectivity index (χ0n) is 12.8. The van der Waals surface area contributed by atoms with Crippen LogP contribution in [0.2, 0.25) is 0 Å². The van der Waals surface area contributed by atoms with E-state index in [1.165, 1.54) is 11.3 Å². The topological polar surface area (TPSA) is 27.3 Å². The van der Waals surface area contributed by atoms with E-state index in [-0.39, 0.29) is 0 Å². The fourth-order valence-electron chi connectivity index (χ4n) is 2.05. The molecule has 0 aliphatic rings. The Morgan fingerprint density at radius 3 is 2.59 bits per heavy atom. The first-order valence-corrected chi connectivity index (χ1v) is 8.33. The number of halogens is 1. The number of aryl methyl sites for hydroxylation is 1. The van der Waals surface area contributed by atoms with Gasteiger partial charge in [0, 0.05) is 36.0 Å². The first-order chi connectivity index (χ1) is 10.6. The molecular formula is C17H20BrN3S. The Morgan fingerprint density at radius 1 is 1.18 bits per heavy atom. The van der Waals surface area contributed by atoms with Gasteiger partial charge in [0.1, 0.15) is 0 Å². The van der Waals surface area contributed by atoms with Crippen molar-refractivity contribution in [3.8, 4) is 0 Å². The summed E-state index contributed by atoms with van der Waals surface area (Å²) in [6, 6.07) is 16.4. The van der Waals surface area contributed by atoms with Gasteiger partial charge in [-0.15, -0.1) is 0 Å². The molecule has 0 aliphatic carbocycles. The van der Waals surface area contributed by atoms with E-state index < -0.39 is 0 Å². The van der Waals surface area contributed by atoms with Crippen molar-refractivity contribution in [3.63, 3.8) is 0 Å². The summed E-state index contributed by atoms with van der Waals surface area (Å²) < 4.78 is 1.10. The summed E-state index contributed by atoms with van der Waals surface area (Å²) in [5, 5.41) is 7.08. The van der Waals surface area contributed by atoms with Crippen LogP contribution in [-0.2, 0) is 0 Å². The molecule has 0 radical (unpaired) electrons. The van der Waals surface area contributed by atoms with Gasteiger partial charge >= 0.3 is 0 Å². The highest BCUT2D eigenvalue weighted by atomic mass is 79.9. The minimum absolute atomic E-state index is 0.642. The van der Waals surface area contributed by atoms with Crippen LogP contribution < -0.4 is 15.5 Å². The Hall–Kier alpha value is -1.59. The SMILES string of the molecule is Cc1cc(NC(=S)NCCN(C)c2ccccc2)ccc1Br. The smallest absolute Gasteiger partial charge is 0.170 e. The Kier molecular flexibility index (Phi) is 6.21. The Bertz CT molecular complexity index is 631. The molecule has 0 unspecified atom stereocenters. The molecule has 0 atom stereocenters. The molecule has 2 aromatic carbocycles. The van der Waals surface area contributed by atoms with Crippen molar-refractivity contribution in [3.05, 3.63) is 58.6 Å². The van der Waals surface area contributed by atoms with Crippen LogP contribution in [0, 0.1) is 6.92 Å². The van der Waals surface area contributed by atoms with E-state index in [4.69, 9.17) is 12.2 Å². The molecule has 0 spiro atoms. The summed E-state index contributed by atoms with van der Waals surface area (Å²) in [5.74, 6) is 0. The average molecular weight is 378 g/mol. The van der Waals surface area contributed by atoms with E-state index in [9.17, 15) is 0 Å². The van der Waals surface area contributed by atoms with E-state index >= 15 is 0 Å². The molecule has 2 aromatic rings. The highest BCUT2D eigenvalue weighted by Gasteiger charge is 2.02. The van der Waals surface area contributed by atoms with Crippen molar-refractivity contribution in [1.29, 1.82) is 0 Å². The third kappa shape index (κ3) is 5.00. The second-order valence-electron chi connectivity index (χ2n) is 5.10. The van der Waals surface area contributed by atoms with Gasteiger partial charge in [-0.3, -0.25) is 0 Å². The number of nitrogens with zero attached hydrogens (tertiary/aromatic N) is 1. The average Bonchev–Trinajstić information content (AvgIpc) is 2.51. The van der Waals surface area contributed by atoms with Crippen LogP contribution in [0.5, 0.6) is 0 Å². The van der Waals surface area contributed by atoms with Gasteiger partial charge in [0.05, 0.1) is 0 Å². The van der Waals surface area contributed by atoms with Crippen LogP contribution in [0.25, 0.3) is 0 Å². The number of rotatable bonds is 5. The molecule has 0 saturated carbocycles. The molecule has 0 aromatic heterocycles. The number of hydrogen-bond acceptors (Lipinski definition) is 2. The second kappa shape index (κ2) is 8.15. The summed E-state index contributed by atoms with van der Waals surface area (Å²) in [7, 11) is 2.07. The Morgan fingerprint density at radius 2 is 1.91 bits per heavy atom. The zero-order valence-corrected chi connectivity index (χ0v) is 15.2. The first kappa shape index (κ1) is 16.8. The van der Waals surface area contributed by atoms with Crippen molar-refractivity contribution in [1.82, 2.24) is 5.32 Å². The molecule has 0 heterocycles. The number of nitrogens with one attached hydrogen (secondary N) is 2. The summed E-state index contributed by atoms with van der Waals surface area (Å²) in [6.45, 7) is 3.72. The zero-order chi connectivity index (χ0) is 15.9. The minimum Gasteiger partial charge on any atom is -0.373 e. The van der Waals surface area contributed by atoms with Crippen molar-refractivity contribution >= 4 is 44.6 Å². The van der Waals surface area contributed by atoms with Crippen LogP contribution in [0.3, 0.4) is 0 Å². The molecule has 0 aliphatic heterocycles. The fraction of sp³-hybridized carbons (Fsp3) is 0.235. The predicted octanol–water partition coefficient (Wildman–Crippen LogP) is 4.18. The van der Waals surface area contributed by atoms with Gasteiger partial charge in [0.25, 0.3) is 0 Å². The number of likely N-dealkylation sites (N-methyl/N-ethyl adjacent to an activating group) is 1. The van der Waals surface area contributed by atoms with E-state index in [0.717, 1.165) is 23.2 Å². The number of thiocarbonyl (C=S) groups is 1. The van der Waals surface area contributed by atoms with Gasteiger partial charge in [-0.2, -0.15) is 0 Å². The maximum Gasteiger partial charge on any atom is 0.170 e. The third-order valence-corrected chi connectivity index (χ3v) is 4.48. The van der Waals surface area contributed by atoms with Crippen LogP contribution in [0.15, 0.2) is 53.0 Å². The molecule has 0 amide bonds. The largest absolute Gasteiger partial charge is 0.373 e. The van der Waals surface area contributed by atoms with Crippen LogP contribution >= 0.6 is 28.1 Å². The fourth-order valence-corrected chi connectivity index (χ4v) is 2.51. The summed E-state index contributed by atoms with van der Waals surface area (Å²) in [4.78, 5) is 2.19. The standard InChI is InChI=1S/C17H20BrN3S/c1-13-12-14(8-9-16(13)18)20-17(22)19-10-11-21(2)15-6-4-3-5-7-15/h3-9,12H,10-11H2,1-2H3,(H2,19,20,22). The summed E-state index contributed by atoms with van der Waals surface area (Å²) >= 11 is 8.82. The van der Waals surface area contributed by atoms with Crippen molar-refractivity contribution in [2.75, 3.05) is 30.4 Å². The van der Waals surface area contributed by atoms with Crippen molar-refractivity contribution in [2.45, 2.75) is 6.92 Å². The molecule has 0 bridgehead atoms. The highest BCUT2D eigenvalue weighted by molar-refractivity contribution is 9.10. The lowest BCUT2D eigenvalue weighted by Gasteiger charge is -2.20. The first-order valence-electron chi connectivity index (χ1n) is 7.13. The third-order valence-electron chi connectivity index (χ3n) is 3.35. The molecule has 0 fully saturated rings. The van der Waals surface area contributed by atoms with Crippen LogP contribution in [-0.4, -0.2) is 25.2 Å². The van der Waals surface area contributed by atoms with Gasteiger partial charge < -0.3 is 15.5 Å². The van der Waals surface area contributed by atoms with Gasteiger partial charge in [-0.25, -0.2) is 0 Å². The van der Waals surface area contributed by atoms with Crippen LogP contribution in [0.4, 0.5) is 11.4 Å². The lowest BCUT2D eigenvalue weighted by atomic mass is 10.2. The Balaban J connectivity index is 1.77. The molecule has 2 N–H and O–H groups in total. The minimum atomic E-state index is 0.642. The van der Waals surface area contributed by atoms with Gasteiger partial charge in [0.2, 0.25) is 0 Å². The van der Waals surface area contributed by atoms with Crippen molar-refractivity contribution in [2.24, 2.45) is 0 Å². The molecule has 0 saturated heterocycles. The predicted molar refractivity (Wildman–Crippen MR) is 103 cm³/mol. The molecule has 116 valence electrons.